The van der Waals surface area contributed by atoms with Gasteiger partial charge >= 0.3 is 5.97 Å². The van der Waals surface area contributed by atoms with Crippen LogP contribution in [0.5, 0.6) is 0 Å². The number of nitrogens with zero attached hydrogens (tertiary/aromatic N) is 1. The van der Waals surface area contributed by atoms with Crippen molar-refractivity contribution in [1.29, 1.82) is 0 Å². The lowest BCUT2D eigenvalue weighted by Gasteiger charge is -2.16. The fraction of sp³-hybridized carbons (Fsp3) is 0.438. The van der Waals surface area contributed by atoms with Crippen molar-refractivity contribution < 1.29 is 19.0 Å². The summed E-state index contributed by atoms with van der Waals surface area (Å²) >= 11 is 3.18. The second-order valence-corrected chi connectivity index (χ2v) is 13.3. The van der Waals surface area contributed by atoms with E-state index >= 15 is 0 Å². The summed E-state index contributed by atoms with van der Waals surface area (Å²) in [5.74, 6) is -1.56. The number of carboxylic acids is 1. The number of fused-ring (bicyclic) bond motifs is 1. The number of rotatable bonds is 6. The van der Waals surface area contributed by atoms with Crippen LogP contribution in [0.15, 0.2) is 16.6 Å². The van der Waals surface area contributed by atoms with E-state index in [4.69, 9.17) is 4.74 Å². The van der Waals surface area contributed by atoms with Gasteiger partial charge in [0.2, 0.25) is 0 Å². The Morgan fingerprint density at radius 2 is 2.04 bits per heavy atom. The molecule has 7 heteroatoms. The maximum atomic E-state index is 14.5. The molecular weight excluding hydrogens is 381 g/mol. The van der Waals surface area contributed by atoms with Crippen molar-refractivity contribution in [3.05, 3.63) is 33.7 Å². The van der Waals surface area contributed by atoms with Crippen molar-refractivity contribution >= 4 is 40.9 Å². The lowest BCUT2D eigenvalue weighted by atomic mass is 10.1. The molecule has 0 unspecified atom stereocenters. The molecule has 0 spiro atoms. The zero-order valence-electron chi connectivity index (χ0n) is 13.7. The summed E-state index contributed by atoms with van der Waals surface area (Å²) in [6, 6.07) is 4.13. The molecule has 0 aliphatic heterocycles. The number of ether oxygens (including phenoxy) is 1. The number of carbonyl (C=O) groups is 1. The second-order valence-electron chi connectivity index (χ2n) is 6.86. The molecule has 0 fully saturated rings. The molecule has 0 radical (unpaired) electrons. The highest BCUT2D eigenvalue weighted by Gasteiger charge is 2.21. The van der Waals surface area contributed by atoms with Gasteiger partial charge in [-0.2, -0.15) is 0 Å². The highest BCUT2D eigenvalue weighted by Crippen LogP contribution is 2.31. The summed E-state index contributed by atoms with van der Waals surface area (Å²) < 4.78 is 21.9. The first-order valence-electron chi connectivity index (χ1n) is 7.40. The number of carboxylic acid groups (broad SMARTS) is 1. The normalized spacial score (nSPS) is 12.1. The fourth-order valence-electron chi connectivity index (χ4n) is 2.38. The predicted octanol–water partition coefficient (Wildman–Crippen LogP) is 4.86. The molecule has 0 aliphatic carbocycles. The lowest BCUT2D eigenvalue weighted by Crippen LogP contribution is -2.22. The van der Waals surface area contributed by atoms with Crippen LogP contribution in [0.25, 0.3) is 10.9 Å². The van der Waals surface area contributed by atoms with Gasteiger partial charge in [0.25, 0.3) is 0 Å². The Labute approximate surface area is 144 Å². The van der Waals surface area contributed by atoms with Gasteiger partial charge in [-0.1, -0.05) is 19.6 Å². The zero-order valence-corrected chi connectivity index (χ0v) is 16.3. The first-order valence-corrected chi connectivity index (χ1v) is 11.9. The van der Waals surface area contributed by atoms with Crippen LogP contribution >= 0.6 is 15.9 Å². The van der Waals surface area contributed by atoms with Crippen LogP contribution < -0.4 is 0 Å². The molecule has 0 aliphatic rings. The molecule has 1 aromatic carbocycles. The maximum Gasteiger partial charge on any atom is 0.352 e. The van der Waals surface area contributed by atoms with Crippen LogP contribution in [0, 0.1) is 12.7 Å². The molecule has 0 atom stereocenters. The zero-order chi connectivity index (χ0) is 17.4. The van der Waals surface area contributed by atoms with E-state index in [9.17, 15) is 14.3 Å². The van der Waals surface area contributed by atoms with Crippen molar-refractivity contribution in [3.63, 3.8) is 0 Å². The highest BCUT2D eigenvalue weighted by molar-refractivity contribution is 9.10. The SMILES string of the molecule is Cc1cc(Br)c(F)c2c1cc(C(=O)O)n2COCC[Si](C)(C)C. The Bertz CT molecular complexity index is 752. The Balaban J connectivity index is 2.40. The third-order valence-electron chi connectivity index (χ3n) is 3.72. The Hall–Kier alpha value is -1.18. The number of aromatic nitrogens is 1. The lowest BCUT2D eigenvalue weighted by molar-refractivity contribution is 0.0630. The quantitative estimate of drug-likeness (QED) is 0.555. The summed E-state index contributed by atoms with van der Waals surface area (Å²) in [6.07, 6.45) is 0. The number of halogens is 2. The summed E-state index contributed by atoms with van der Waals surface area (Å²) in [6.45, 7) is 9.12. The second kappa shape index (κ2) is 6.74. The van der Waals surface area contributed by atoms with Crippen LogP contribution in [-0.2, 0) is 11.5 Å². The topological polar surface area (TPSA) is 51.5 Å². The Morgan fingerprint density at radius 3 is 2.61 bits per heavy atom. The summed E-state index contributed by atoms with van der Waals surface area (Å²) in [4.78, 5) is 11.5. The van der Waals surface area contributed by atoms with Gasteiger partial charge in [0, 0.05) is 20.1 Å². The van der Waals surface area contributed by atoms with Crippen molar-refractivity contribution in [2.75, 3.05) is 6.61 Å². The summed E-state index contributed by atoms with van der Waals surface area (Å²) in [7, 11) is -1.23. The fourth-order valence-corrected chi connectivity index (χ4v) is 3.66. The van der Waals surface area contributed by atoms with Gasteiger partial charge in [-0.05, 0) is 46.6 Å². The maximum absolute atomic E-state index is 14.5. The molecule has 0 bridgehead atoms. The number of benzene rings is 1. The Morgan fingerprint density at radius 1 is 1.39 bits per heavy atom. The molecule has 0 saturated carbocycles. The van der Waals surface area contributed by atoms with E-state index in [-0.39, 0.29) is 17.9 Å². The van der Waals surface area contributed by atoms with Gasteiger partial charge in [-0.25, -0.2) is 9.18 Å². The van der Waals surface area contributed by atoms with Crippen molar-refractivity contribution in [1.82, 2.24) is 4.57 Å². The van der Waals surface area contributed by atoms with Gasteiger partial charge in [0.1, 0.15) is 12.4 Å². The van der Waals surface area contributed by atoms with E-state index in [1.54, 1.807) is 6.07 Å². The number of aromatic carboxylic acids is 1. The van der Waals surface area contributed by atoms with Crippen LogP contribution in [-0.4, -0.2) is 30.3 Å². The summed E-state index contributed by atoms with van der Waals surface area (Å²) in [5, 5.41) is 9.99. The molecule has 4 nitrogen and oxygen atoms in total. The van der Waals surface area contributed by atoms with Crippen LogP contribution in [0.3, 0.4) is 0 Å². The van der Waals surface area contributed by atoms with Gasteiger partial charge in [-0.3, -0.25) is 0 Å². The van der Waals surface area contributed by atoms with Gasteiger partial charge < -0.3 is 14.4 Å². The number of hydrogen-bond donors (Lipinski definition) is 1. The largest absolute Gasteiger partial charge is 0.477 e. The van der Waals surface area contributed by atoms with E-state index in [2.05, 4.69) is 35.6 Å². The molecule has 2 aromatic rings. The minimum Gasteiger partial charge on any atom is -0.477 e. The van der Waals surface area contributed by atoms with Gasteiger partial charge in [0.05, 0.1) is 9.99 Å². The van der Waals surface area contributed by atoms with E-state index in [0.29, 0.717) is 16.5 Å². The first-order chi connectivity index (χ1) is 10.6. The molecular formula is C16H21BrFNO3Si. The molecule has 0 amide bonds. The average molecular weight is 402 g/mol. The van der Waals surface area contributed by atoms with Crippen molar-refractivity contribution in [3.8, 4) is 0 Å². The van der Waals surface area contributed by atoms with E-state index in [0.717, 1.165) is 11.6 Å². The number of aryl methyl sites for hydroxylation is 1. The Kier molecular flexibility index (Phi) is 5.32. The third-order valence-corrected chi connectivity index (χ3v) is 6.00. The minimum atomic E-state index is -1.23. The van der Waals surface area contributed by atoms with Crippen LogP contribution in [0.4, 0.5) is 4.39 Å². The molecule has 0 saturated heterocycles. The summed E-state index contributed by atoms with van der Waals surface area (Å²) in [5.41, 5.74) is 1.12. The molecule has 1 N–H and O–H groups in total. The highest BCUT2D eigenvalue weighted by atomic mass is 79.9. The minimum absolute atomic E-state index is 0.0302. The standard InChI is InChI=1S/C16H21BrFNO3Si/c1-10-7-12(17)14(18)15-11(10)8-13(16(20)21)19(15)9-22-5-6-23(2,3)4/h7-8H,5-6,9H2,1-4H3,(H,20,21). The van der Waals surface area contributed by atoms with Crippen LogP contribution in [0.2, 0.25) is 25.7 Å². The van der Waals surface area contributed by atoms with Crippen LogP contribution in [0.1, 0.15) is 16.1 Å². The molecule has 126 valence electrons. The average Bonchev–Trinajstić information content (AvgIpc) is 2.80. The monoisotopic (exact) mass is 401 g/mol. The number of hydrogen-bond acceptors (Lipinski definition) is 2. The molecule has 23 heavy (non-hydrogen) atoms. The molecule has 2 rings (SSSR count). The van der Waals surface area contributed by atoms with E-state index in [1.165, 1.54) is 10.6 Å². The predicted molar refractivity (Wildman–Crippen MR) is 95.4 cm³/mol. The smallest absolute Gasteiger partial charge is 0.352 e. The van der Waals surface area contributed by atoms with Crippen molar-refractivity contribution in [2.45, 2.75) is 39.3 Å². The van der Waals surface area contributed by atoms with Gasteiger partial charge in [0.15, 0.2) is 5.82 Å². The van der Waals surface area contributed by atoms with E-state index in [1.807, 2.05) is 6.92 Å². The molecule has 1 aromatic heterocycles. The molecule has 1 heterocycles. The van der Waals surface area contributed by atoms with Crippen molar-refractivity contribution in [2.24, 2.45) is 0 Å². The first kappa shape index (κ1) is 18.2. The van der Waals surface area contributed by atoms with Gasteiger partial charge in [-0.15, -0.1) is 0 Å². The third kappa shape index (κ3) is 4.02. The van der Waals surface area contributed by atoms with E-state index < -0.39 is 19.9 Å².